The normalized spacial score (nSPS) is 11.0. The number of amides is 2. The van der Waals surface area contributed by atoms with E-state index in [4.69, 9.17) is 23.2 Å². The van der Waals surface area contributed by atoms with Crippen molar-refractivity contribution < 1.29 is 9.59 Å². The predicted octanol–water partition coefficient (Wildman–Crippen LogP) is 5.76. The van der Waals surface area contributed by atoms with Gasteiger partial charge in [-0.1, -0.05) is 48.8 Å². The van der Waals surface area contributed by atoms with Gasteiger partial charge in [-0.25, -0.2) is 0 Å². The van der Waals surface area contributed by atoms with Crippen molar-refractivity contribution in [2.75, 3.05) is 16.4 Å². The molecule has 7 nitrogen and oxygen atoms in total. The molecular weight excluding hydrogens is 596 g/mol. The molecule has 11 heteroatoms. The van der Waals surface area contributed by atoms with Gasteiger partial charge in [-0.3, -0.25) is 9.59 Å². The van der Waals surface area contributed by atoms with Gasteiger partial charge in [0.05, 0.1) is 22.2 Å². The largest absolute Gasteiger partial charge is 0.326 e. The van der Waals surface area contributed by atoms with E-state index in [1.807, 2.05) is 12.1 Å². The summed E-state index contributed by atoms with van der Waals surface area (Å²) in [6.07, 6.45) is 0.0247. The first kappa shape index (κ1) is 25.8. The van der Waals surface area contributed by atoms with Crippen molar-refractivity contribution in [2.24, 2.45) is 7.05 Å². The lowest BCUT2D eigenvalue weighted by Crippen LogP contribution is -2.17. The van der Waals surface area contributed by atoms with Gasteiger partial charge in [0.1, 0.15) is 5.82 Å². The Morgan fingerprint density at radius 3 is 2.52 bits per heavy atom. The van der Waals surface area contributed by atoms with Gasteiger partial charge in [0.15, 0.2) is 5.16 Å². The monoisotopic (exact) mass is 617 g/mol. The fourth-order valence-electron chi connectivity index (χ4n) is 2.99. The molecular formula is C22H22Cl2IN5O2S. The Hall–Kier alpha value is -1.82. The molecule has 3 rings (SSSR count). The minimum atomic E-state index is -0.266. The highest BCUT2D eigenvalue weighted by atomic mass is 127. The third-order valence-corrected chi connectivity index (χ3v) is 7.12. The SMILES string of the molecule is CC(C)c1cc(I)ccc1NC(=O)CSc1nnc(CC(=O)Nc2ccc(Cl)c(Cl)c2)n1C. The molecule has 0 aliphatic rings. The first-order valence-electron chi connectivity index (χ1n) is 9.99. The van der Waals surface area contributed by atoms with Crippen molar-refractivity contribution in [1.29, 1.82) is 0 Å². The third-order valence-electron chi connectivity index (χ3n) is 4.69. The van der Waals surface area contributed by atoms with Crippen LogP contribution in [0.1, 0.15) is 31.2 Å². The summed E-state index contributed by atoms with van der Waals surface area (Å²) in [6.45, 7) is 4.18. The molecule has 1 heterocycles. The number of nitrogens with one attached hydrogen (secondary N) is 2. The highest BCUT2D eigenvalue weighted by Gasteiger charge is 2.16. The second-order valence-electron chi connectivity index (χ2n) is 7.53. The van der Waals surface area contributed by atoms with Gasteiger partial charge in [-0.05, 0) is 70.5 Å². The zero-order valence-electron chi connectivity index (χ0n) is 18.2. The summed E-state index contributed by atoms with van der Waals surface area (Å²) >= 11 is 15.4. The van der Waals surface area contributed by atoms with Crippen LogP contribution in [0.5, 0.6) is 0 Å². The highest BCUT2D eigenvalue weighted by molar-refractivity contribution is 14.1. The van der Waals surface area contributed by atoms with Crippen LogP contribution >= 0.6 is 57.6 Å². The molecule has 0 saturated heterocycles. The maximum absolute atomic E-state index is 12.5. The van der Waals surface area contributed by atoms with Crippen molar-refractivity contribution in [1.82, 2.24) is 14.8 Å². The van der Waals surface area contributed by atoms with E-state index in [2.05, 4.69) is 63.3 Å². The van der Waals surface area contributed by atoms with E-state index in [-0.39, 0.29) is 24.0 Å². The zero-order valence-corrected chi connectivity index (χ0v) is 22.6. The van der Waals surface area contributed by atoms with Crippen LogP contribution in [0.3, 0.4) is 0 Å². The second kappa shape index (κ2) is 11.5. The van der Waals surface area contributed by atoms with E-state index in [0.717, 1.165) is 14.8 Å². The minimum Gasteiger partial charge on any atom is -0.326 e. The summed E-state index contributed by atoms with van der Waals surface area (Å²) < 4.78 is 2.83. The van der Waals surface area contributed by atoms with Crippen LogP contribution < -0.4 is 10.6 Å². The van der Waals surface area contributed by atoms with Crippen LogP contribution in [0.4, 0.5) is 11.4 Å². The lowest BCUT2D eigenvalue weighted by Gasteiger charge is -2.14. The molecule has 2 aromatic carbocycles. The van der Waals surface area contributed by atoms with E-state index in [9.17, 15) is 9.59 Å². The third kappa shape index (κ3) is 7.08. The topological polar surface area (TPSA) is 88.9 Å². The molecule has 0 spiro atoms. The maximum Gasteiger partial charge on any atom is 0.234 e. The Morgan fingerprint density at radius 1 is 1.06 bits per heavy atom. The Labute approximate surface area is 220 Å². The molecule has 0 atom stereocenters. The average molecular weight is 618 g/mol. The van der Waals surface area contributed by atoms with E-state index in [1.165, 1.54) is 11.8 Å². The number of rotatable bonds is 8. The Balaban J connectivity index is 1.57. The molecule has 3 aromatic rings. The quantitative estimate of drug-likeness (QED) is 0.248. The van der Waals surface area contributed by atoms with Crippen molar-refractivity contribution in [3.8, 4) is 0 Å². The van der Waals surface area contributed by atoms with Crippen molar-refractivity contribution in [2.45, 2.75) is 31.3 Å². The van der Waals surface area contributed by atoms with Gasteiger partial charge in [-0.15, -0.1) is 10.2 Å². The van der Waals surface area contributed by atoms with Gasteiger partial charge in [0.25, 0.3) is 0 Å². The fraction of sp³-hybridized carbons (Fsp3) is 0.273. The van der Waals surface area contributed by atoms with E-state index in [1.54, 1.807) is 29.8 Å². The van der Waals surface area contributed by atoms with Crippen LogP contribution in [0.15, 0.2) is 41.6 Å². The Morgan fingerprint density at radius 2 is 1.82 bits per heavy atom. The molecule has 174 valence electrons. The minimum absolute atomic E-state index is 0.0247. The summed E-state index contributed by atoms with van der Waals surface area (Å²) in [5.74, 6) is 0.544. The van der Waals surface area contributed by atoms with Crippen LogP contribution in [-0.4, -0.2) is 32.3 Å². The summed E-state index contributed by atoms with van der Waals surface area (Å²) in [5, 5.41) is 15.3. The number of anilines is 2. The fourth-order valence-corrected chi connectivity index (χ4v) is 4.53. The predicted molar refractivity (Wildman–Crippen MR) is 142 cm³/mol. The van der Waals surface area contributed by atoms with Gasteiger partial charge in [-0.2, -0.15) is 0 Å². The van der Waals surface area contributed by atoms with Crippen LogP contribution in [-0.2, 0) is 23.1 Å². The van der Waals surface area contributed by atoms with Crippen LogP contribution in [0, 0.1) is 3.57 Å². The number of nitrogens with zero attached hydrogens (tertiary/aromatic N) is 3. The van der Waals surface area contributed by atoms with E-state index >= 15 is 0 Å². The maximum atomic E-state index is 12.5. The number of aromatic nitrogens is 3. The number of carbonyl (C=O) groups excluding carboxylic acids is 2. The molecule has 0 radical (unpaired) electrons. The standard InChI is InChI=1S/C22H22Cl2IN5O2S/c1-12(2)15-8-13(25)4-7-18(15)27-21(32)11-33-22-29-28-19(30(22)3)10-20(31)26-14-5-6-16(23)17(24)9-14/h4-9,12H,10-11H2,1-3H3,(H,26,31)(H,27,32). The molecule has 2 amide bonds. The Kier molecular flexibility index (Phi) is 9.02. The van der Waals surface area contributed by atoms with Crippen molar-refractivity contribution >= 4 is 80.7 Å². The van der Waals surface area contributed by atoms with E-state index < -0.39 is 0 Å². The Bertz CT molecular complexity index is 1190. The van der Waals surface area contributed by atoms with Crippen molar-refractivity contribution in [3.05, 3.63) is 61.4 Å². The number of carbonyl (C=O) groups is 2. The molecule has 1 aromatic heterocycles. The first-order valence-corrected chi connectivity index (χ1v) is 12.8. The van der Waals surface area contributed by atoms with Gasteiger partial charge in [0, 0.05) is 22.0 Å². The number of hydrogen-bond acceptors (Lipinski definition) is 5. The van der Waals surface area contributed by atoms with E-state index in [0.29, 0.717) is 32.6 Å². The number of benzene rings is 2. The number of hydrogen-bond donors (Lipinski definition) is 2. The molecule has 0 unspecified atom stereocenters. The zero-order chi connectivity index (χ0) is 24.1. The lowest BCUT2D eigenvalue weighted by molar-refractivity contribution is -0.116. The summed E-state index contributed by atoms with van der Waals surface area (Å²) in [4.78, 5) is 24.9. The molecule has 0 aliphatic heterocycles. The number of halogens is 3. The highest BCUT2D eigenvalue weighted by Crippen LogP contribution is 2.27. The molecule has 2 N–H and O–H groups in total. The first-order chi connectivity index (χ1) is 15.6. The summed E-state index contributed by atoms with van der Waals surface area (Å²) in [5.41, 5.74) is 2.45. The average Bonchev–Trinajstić information content (AvgIpc) is 3.09. The summed E-state index contributed by atoms with van der Waals surface area (Å²) in [7, 11) is 1.76. The van der Waals surface area contributed by atoms with Gasteiger partial charge in [0.2, 0.25) is 11.8 Å². The smallest absolute Gasteiger partial charge is 0.234 e. The lowest BCUT2D eigenvalue weighted by atomic mass is 10.0. The van der Waals surface area contributed by atoms with Gasteiger partial charge < -0.3 is 15.2 Å². The second-order valence-corrected chi connectivity index (χ2v) is 10.5. The van der Waals surface area contributed by atoms with Gasteiger partial charge >= 0.3 is 0 Å². The summed E-state index contributed by atoms with van der Waals surface area (Å²) in [6, 6.07) is 10.8. The van der Waals surface area contributed by atoms with Crippen LogP contribution in [0.25, 0.3) is 0 Å². The molecule has 0 saturated carbocycles. The molecule has 33 heavy (non-hydrogen) atoms. The van der Waals surface area contributed by atoms with Crippen LogP contribution in [0.2, 0.25) is 10.0 Å². The molecule has 0 fully saturated rings. The number of thioether (sulfide) groups is 1. The molecule has 0 bridgehead atoms. The van der Waals surface area contributed by atoms with Crippen molar-refractivity contribution in [3.63, 3.8) is 0 Å². The molecule has 0 aliphatic carbocycles.